The van der Waals surface area contributed by atoms with E-state index in [0.29, 0.717) is 5.56 Å². The molecule has 0 spiro atoms. The fourth-order valence-electron chi connectivity index (χ4n) is 7.74. The maximum Gasteiger partial charge on any atom is 0.109 e. The number of rotatable bonds is 5. The van der Waals surface area contributed by atoms with Gasteiger partial charge in [-0.2, -0.15) is 5.26 Å². The third-order valence-corrected chi connectivity index (χ3v) is 11.3. The van der Waals surface area contributed by atoms with Crippen molar-refractivity contribution in [1.82, 2.24) is 9.88 Å². The molecule has 1 saturated heterocycles. The molecule has 4 nitrogen and oxygen atoms in total. The summed E-state index contributed by atoms with van der Waals surface area (Å²) < 4.78 is 4.95. The van der Waals surface area contributed by atoms with E-state index in [1.165, 1.54) is 42.4 Å². The van der Waals surface area contributed by atoms with E-state index in [2.05, 4.69) is 173 Å². The van der Waals surface area contributed by atoms with Gasteiger partial charge >= 0.3 is 0 Å². The molecule has 0 amide bonds. The second kappa shape index (κ2) is 11.5. The van der Waals surface area contributed by atoms with E-state index >= 15 is 0 Å². The Morgan fingerprint density at radius 2 is 1.22 bits per heavy atom. The van der Waals surface area contributed by atoms with Crippen molar-refractivity contribution >= 4 is 59.0 Å². The second-order valence-electron chi connectivity index (χ2n) is 12.9. The number of nitrogens with zero attached hydrogens (tertiary/aromatic N) is 3. The third kappa shape index (κ3) is 4.47. The highest BCUT2D eigenvalue weighted by molar-refractivity contribution is 7.26. The molecule has 9 aromatic rings. The molecule has 5 heteroatoms. The van der Waals surface area contributed by atoms with Crippen molar-refractivity contribution in [2.45, 2.75) is 12.3 Å². The van der Waals surface area contributed by atoms with Crippen molar-refractivity contribution < 1.29 is 0 Å². The van der Waals surface area contributed by atoms with Crippen molar-refractivity contribution in [3.8, 4) is 22.9 Å². The van der Waals surface area contributed by atoms with Crippen LogP contribution in [-0.2, 0) is 0 Å². The first kappa shape index (κ1) is 28.8. The summed E-state index contributed by atoms with van der Waals surface area (Å²) in [6.07, 6.45) is 0.146. The van der Waals surface area contributed by atoms with E-state index < -0.39 is 0 Å². The van der Waals surface area contributed by atoms with Gasteiger partial charge in [0.15, 0.2) is 0 Å². The molecule has 0 bridgehead atoms. The van der Waals surface area contributed by atoms with Crippen LogP contribution in [0.1, 0.15) is 29.0 Å². The zero-order valence-electron chi connectivity index (χ0n) is 27.0. The van der Waals surface area contributed by atoms with Gasteiger partial charge < -0.3 is 9.47 Å². The molecule has 236 valence electrons. The van der Waals surface area contributed by atoms with Gasteiger partial charge in [0.1, 0.15) is 12.3 Å². The number of nitriles is 1. The lowest BCUT2D eigenvalue weighted by atomic mass is 10.00. The van der Waals surface area contributed by atoms with Crippen LogP contribution in [0.4, 0.5) is 5.69 Å². The van der Waals surface area contributed by atoms with E-state index in [-0.39, 0.29) is 12.3 Å². The summed E-state index contributed by atoms with van der Waals surface area (Å²) >= 11 is 1.86. The molecule has 3 heterocycles. The lowest BCUT2D eigenvalue weighted by Crippen LogP contribution is -2.57. The van der Waals surface area contributed by atoms with Crippen LogP contribution in [0.15, 0.2) is 164 Å². The number of aromatic nitrogens is 1. The van der Waals surface area contributed by atoms with E-state index in [9.17, 15) is 5.26 Å². The fourth-order valence-corrected chi connectivity index (χ4v) is 8.98. The predicted octanol–water partition coefficient (Wildman–Crippen LogP) is 11.5. The standard InChI is InChI=1S/C45H30N4S/c46-28-29-18-25-40-39(26-29)36-24-19-32(35-15-9-16-38-37-14-7-8-17-42(37)50-43(35)38)27-41(36)48(40)33-20-22-34(23-21-33)49-44(30-10-3-1-4-11-30)47-45(49)31-12-5-2-6-13-31/h1-27,44-45,47H. The van der Waals surface area contributed by atoms with Gasteiger partial charge in [-0.25, -0.2) is 0 Å². The number of hydrogen-bond donors (Lipinski definition) is 1. The maximum atomic E-state index is 9.80. The SMILES string of the molecule is N#Cc1ccc2c(c1)c1ccc(-c3cccc4c3sc3ccccc34)cc1n2-c1ccc(N2C(c3ccccc3)NC2c2ccccc2)cc1. The Labute approximate surface area is 293 Å². The lowest BCUT2D eigenvalue weighted by Gasteiger charge is -2.51. The Morgan fingerprint density at radius 1 is 0.540 bits per heavy atom. The van der Waals surface area contributed by atoms with Crippen LogP contribution in [-0.4, -0.2) is 4.57 Å². The number of anilines is 1. The van der Waals surface area contributed by atoms with Crippen LogP contribution in [0.5, 0.6) is 0 Å². The van der Waals surface area contributed by atoms with Crippen LogP contribution in [0.25, 0.3) is 58.8 Å². The summed E-state index contributed by atoms with van der Waals surface area (Å²) in [5, 5.41) is 18.4. The van der Waals surface area contributed by atoms with Gasteiger partial charge in [-0.05, 0) is 76.9 Å². The molecule has 2 unspecified atom stereocenters. The number of hydrogen-bond acceptors (Lipinski definition) is 4. The minimum absolute atomic E-state index is 0.0732. The molecule has 0 radical (unpaired) electrons. The molecule has 10 rings (SSSR count). The van der Waals surface area contributed by atoms with Crippen molar-refractivity contribution in [3.05, 3.63) is 180 Å². The minimum Gasteiger partial charge on any atom is -0.332 e. The lowest BCUT2D eigenvalue weighted by molar-refractivity contribution is 0.276. The molecule has 0 saturated carbocycles. The van der Waals surface area contributed by atoms with Gasteiger partial charge in [-0.1, -0.05) is 109 Å². The minimum atomic E-state index is 0.0732. The summed E-state index contributed by atoms with van der Waals surface area (Å²) in [5.74, 6) is 0. The van der Waals surface area contributed by atoms with Crippen LogP contribution < -0.4 is 10.2 Å². The number of thiophene rings is 1. The van der Waals surface area contributed by atoms with Crippen molar-refractivity contribution in [2.75, 3.05) is 4.90 Å². The quantitative estimate of drug-likeness (QED) is 0.200. The number of nitrogens with one attached hydrogen (secondary N) is 1. The third-order valence-electron chi connectivity index (χ3n) is 10.1. The predicted molar refractivity (Wildman–Crippen MR) is 208 cm³/mol. The van der Waals surface area contributed by atoms with E-state index in [1.54, 1.807) is 0 Å². The highest BCUT2D eigenvalue weighted by atomic mass is 32.1. The van der Waals surface area contributed by atoms with E-state index in [4.69, 9.17) is 0 Å². The summed E-state index contributed by atoms with van der Waals surface area (Å²) in [5.41, 5.74) is 9.99. The molecule has 0 aliphatic carbocycles. The van der Waals surface area contributed by atoms with Crippen molar-refractivity contribution in [3.63, 3.8) is 0 Å². The van der Waals surface area contributed by atoms with Crippen LogP contribution in [0.3, 0.4) is 0 Å². The molecule has 1 aliphatic rings. The Bertz CT molecular complexity index is 2710. The highest BCUT2D eigenvalue weighted by Gasteiger charge is 2.39. The van der Waals surface area contributed by atoms with Crippen LogP contribution >= 0.6 is 11.3 Å². The summed E-state index contributed by atoms with van der Waals surface area (Å²) in [6, 6.07) is 60.7. The number of benzene rings is 7. The average molecular weight is 659 g/mol. The number of fused-ring (bicyclic) bond motifs is 6. The molecular weight excluding hydrogens is 629 g/mol. The van der Waals surface area contributed by atoms with Gasteiger partial charge in [-0.3, -0.25) is 5.32 Å². The van der Waals surface area contributed by atoms with Gasteiger partial charge in [-0.15, -0.1) is 11.3 Å². The Balaban J connectivity index is 1.12. The van der Waals surface area contributed by atoms with E-state index in [1.807, 2.05) is 23.5 Å². The molecule has 7 aromatic carbocycles. The topological polar surface area (TPSA) is 44.0 Å². The van der Waals surface area contributed by atoms with Gasteiger partial charge in [0, 0.05) is 42.3 Å². The van der Waals surface area contributed by atoms with Crippen LogP contribution in [0.2, 0.25) is 0 Å². The first-order valence-electron chi connectivity index (χ1n) is 16.9. The van der Waals surface area contributed by atoms with E-state index in [0.717, 1.165) is 33.2 Å². The summed E-state index contributed by atoms with van der Waals surface area (Å²) in [4.78, 5) is 2.46. The molecule has 1 fully saturated rings. The highest BCUT2D eigenvalue weighted by Crippen LogP contribution is 2.44. The molecule has 1 N–H and O–H groups in total. The zero-order valence-corrected chi connectivity index (χ0v) is 27.8. The molecular formula is C45H30N4S. The molecule has 2 atom stereocenters. The first-order valence-corrected chi connectivity index (χ1v) is 17.7. The molecule has 50 heavy (non-hydrogen) atoms. The summed E-state index contributed by atoms with van der Waals surface area (Å²) in [6.45, 7) is 0. The Hall–Kier alpha value is -6.19. The Kier molecular flexibility index (Phi) is 6.60. The van der Waals surface area contributed by atoms with Gasteiger partial charge in [0.2, 0.25) is 0 Å². The smallest absolute Gasteiger partial charge is 0.109 e. The zero-order chi connectivity index (χ0) is 33.2. The first-order chi connectivity index (χ1) is 24.7. The van der Waals surface area contributed by atoms with Gasteiger partial charge in [0.05, 0.1) is 22.7 Å². The molecule has 1 aliphatic heterocycles. The molecule has 2 aromatic heterocycles. The second-order valence-corrected chi connectivity index (χ2v) is 14.0. The maximum absolute atomic E-state index is 9.80. The normalized spacial score (nSPS) is 15.9. The monoisotopic (exact) mass is 658 g/mol. The van der Waals surface area contributed by atoms with Crippen molar-refractivity contribution in [2.24, 2.45) is 0 Å². The fraction of sp³-hybridized carbons (Fsp3) is 0.0444. The van der Waals surface area contributed by atoms with Crippen LogP contribution in [0, 0.1) is 11.3 Å². The largest absolute Gasteiger partial charge is 0.332 e. The summed E-state index contributed by atoms with van der Waals surface area (Å²) in [7, 11) is 0. The Morgan fingerprint density at radius 3 is 1.96 bits per heavy atom. The van der Waals surface area contributed by atoms with Gasteiger partial charge in [0.25, 0.3) is 0 Å². The average Bonchev–Trinajstić information content (AvgIpc) is 3.71. The van der Waals surface area contributed by atoms with Crippen molar-refractivity contribution in [1.29, 1.82) is 5.26 Å².